The number of carbonyl (C=O) groups excluding carboxylic acids is 2. The highest BCUT2D eigenvalue weighted by Gasteiger charge is 2.29. The molecule has 4 aromatic rings. The molecule has 9 nitrogen and oxygen atoms in total. The lowest BCUT2D eigenvalue weighted by molar-refractivity contribution is -0.114. The summed E-state index contributed by atoms with van der Waals surface area (Å²) in [5, 5.41) is 5.14. The molecule has 0 bridgehead atoms. The highest BCUT2D eigenvalue weighted by Crippen LogP contribution is 2.33. The predicted molar refractivity (Wildman–Crippen MR) is 163 cm³/mol. The lowest BCUT2D eigenvalue weighted by Crippen LogP contribution is -2.38. The monoisotopic (exact) mass is 625 g/mol. The molecule has 0 aromatic heterocycles. The van der Waals surface area contributed by atoms with Crippen molar-refractivity contribution < 1.29 is 31.9 Å². The van der Waals surface area contributed by atoms with Gasteiger partial charge in [0.05, 0.1) is 41.1 Å². The fourth-order valence-electron chi connectivity index (χ4n) is 4.23. The van der Waals surface area contributed by atoms with Crippen LogP contribution in [0.4, 0.5) is 15.8 Å². The van der Waals surface area contributed by atoms with Crippen LogP contribution in [0.3, 0.4) is 0 Å². The Labute approximate surface area is 254 Å². The molecule has 0 unspecified atom stereocenters. The third kappa shape index (κ3) is 7.62. The van der Waals surface area contributed by atoms with Crippen LogP contribution in [0.1, 0.15) is 15.9 Å². The quantitative estimate of drug-likeness (QED) is 0.221. The van der Waals surface area contributed by atoms with Crippen molar-refractivity contribution in [2.45, 2.75) is 11.3 Å². The molecule has 0 spiro atoms. The molecular formula is C31H29ClFN3O6S. The van der Waals surface area contributed by atoms with Gasteiger partial charge in [-0.1, -0.05) is 54.1 Å². The van der Waals surface area contributed by atoms with E-state index in [0.717, 1.165) is 22.0 Å². The number of nitrogens with one attached hydrogen (secondary N) is 2. The summed E-state index contributed by atoms with van der Waals surface area (Å²) in [6.07, 6.45) is 0.615. The fourth-order valence-corrected chi connectivity index (χ4v) is 5.83. The number of hydrogen-bond donors (Lipinski definition) is 2. The van der Waals surface area contributed by atoms with Gasteiger partial charge in [-0.25, -0.2) is 12.8 Å². The van der Waals surface area contributed by atoms with E-state index < -0.39 is 34.2 Å². The Morgan fingerprint density at radius 3 is 2.28 bits per heavy atom. The van der Waals surface area contributed by atoms with Gasteiger partial charge in [-0.3, -0.25) is 13.9 Å². The van der Waals surface area contributed by atoms with Crippen molar-refractivity contribution >= 4 is 44.8 Å². The summed E-state index contributed by atoms with van der Waals surface area (Å²) in [5.41, 5.74) is 1.39. The topological polar surface area (TPSA) is 114 Å². The molecule has 0 heterocycles. The van der Waals surface area contributed by atoms with Gasteiger partial charge in [0.1, 0.15) is 12.4 Å². The van der Waals surface area contributed by atoms with E-state index in [1.807, 2.05) is 30.3 Å². The summed E-state index contributed by atoms with van der Waals surface area (Å²) >= 11 is 5.97. The number of ether oxygens (including phenoxy) is 2. The van der Waals surface area contributed by atoms with Crippen molar-refractivity contribution in [2.75, 3.05) is 36.9 Å². The van der Waals surface area contributed by atoms with Crippen LogP contribution in [0.5, 0.6) is 11.5 Å². The largest absolute Gasteiger partial charge is 0.493 e. The SMILES string of the molecule is COc1ccc(S(=O)(=O)N(CC(=O)Nc2ccccc2C(=O)NCCc2ccccc2)c2ccc(F)c(Cl)c2)cc1OC. The van der Waals surface area contributed by atoms with Gasteiger partial charge in [0.25, 0.3) is 15.9 Å². The maximum Gasteiger partial charge on any atom is 0.264 e. The lowest BCUT2D eigenvalue weighted by Gasteiger charge is -2.25. The minimum Gasteiger partial charge on any atom is -0.493 e. The Morgan fingerprint density at radius 1 is 0.884 bits per heavy atom. The second kappa shape index (κ2) is 14.0. The summed E-state index contributed by atoms with van der Waals surface area (Å²) in [6.45, 7) is -0.351. The lowest BCUT2D eigenvalue weighted by atomic mass is 10.1. The maximum atomic E-state index is 14.0. The van der Waals surface area contributed by atoms with Crippen LogP contribution >= 0.6 is 11.6 Å². The summed E-state index contributed by atoms with van der Waals surface area (Å²) in [4.78, 5) is 26.1. The second-order valence-electron chi connectivity index (χ2n) is 9.21. The van der Waals surface area contributed by atoms with E-state index in [1.54, 1.807) is 18.2 Å². The minimum absolute atomic E-state index is 0.0525. The molecule has 0 aliphatic heterocycles. The molecule has 0 radical (unpaired) electrons. The van der Waals surface area contributed by atoms with Gasteiger partial charge < -0.3 is 20.1 Å². The van der Waals surface area contributed by atoms with Crippen molar-refractivity contribution in [1.29, 1.82) is 0 Å². The van der Waals surface area contributed by atoms with Crippen LogP contribution in [-0.4, -0.2) is 47.5 Å². The first kappa shape index (κ1) is 31.3. The van der Waals surface area contributed by atoms with E-state index in [9.17, 15) is 22.4 Å². The van der Waals surface area contributed by atoms with E-state index in [1.165, 1.54) is 44.6 Å². The number of halogens is 2. The highest BCUT2D eigenvalue weighted by molar-refractivity contribution is 7.92. The van der Waals surface area contributed by atoms with E-state index in [2.05, 4.69) is 10.6 Å². The van der Waals surface area contributed by atoms with Crippen molar-refractivity contribution in [3.8, 4) is 11.5 Å². The molecule has 4 rings (SSSR count). The number of amides is 2. The van der Waals surface area contributed by atoms with Gasteiger partial charge in [0.2, 0.25) is 5.91 Å². The van der Waals surface area contributed by atoms with E-state index in [-0.39, 0.29) is 32.6 Å². The molecular weight excluding hydrogens is 597 g/mol. The van der Waals surface area contributed by atoms with Gasteiger partial charge in [-0.15, -0.1) is 0 Å². The maximum absolute atomic E-state index is 14.0. The van der Waals surface area contributed by atoms with Crippen molar-refractivity contribution in [3.63, 3.8) is 0 Å². The van der Waals surface area contributed by atoms with Gasteiger partial charge in [0, 0.05) is 12.6 Å². The number of sulfonamides is 1. The van der Waals surface area contributed by atoms with Crippen LogP contribution < -0.4 is 24.4 Å². The molecule has 0 fully saturated rings. The summed E-state index contributed by atoms with van der Waals surface area (Å²) in [5.74, 6) is -1.47. The third-order valence-electron chi connectivity index (χ3n) is 6.41. The van der Waals surface area contributed by atoms with Crippen molar-refractivity contribution in [2.24, 2.45) is 0 Å². The van der Waals surface area contributed by atoms with Gasteiger partial charge in [-0.05, 0) is 54.4 Å². The number of para-hydroxylation sites is 1. The Morgan fingerprint density at radius 2 is 1.58 bits per heavy atom. The summed E-state index contributed by atoms with van der Waals surface area (Å²) in [7, 11) is -1.65. The zero-order valence-electron chi connectivity index (χ0n) is 23.3. The highest BCUT2D eigenvalue weighted by atomic mass is 35.5. The van der Waals surface area contributed by atoms with E-state index in [0.29, 0.717) is 18.7 Å². The number of rotatable bonds is 12. The molecule has 224 valence electrons. The molecule has 0 atom stereocenters. The minimum atomic E-state index is -4.42. The average Bonchev–Trinajstić information content (AvgIpc) is 3.01. The number of hydrogen-bond acceptors (Lipinski definition) is 6. The molecule has 0 saturated heterocycles. The molecule has 2 N–H and O–H groups in total. The fraction of sp³-hybridized carbons (Fsp3) is 0.161. The molecule has 0 aliphatic carbocycles. The Hall–Kier alpha value is -4.61. The molecule has 0 aliphatic rings. The third-order valence-corrected chi connectivity index (χ3v) is 8.47. The van der Waals surface area contributed by atoms with Crippen molar-refractivity contribution in [1.82, 2.24) is 5.32 Å². The normalized spacial score (nSPS) is 11.0. The first-order chi connectivity index (χ1) is 20.6. The van der Waals surface area contributed by atoms with Crippen LogP contribution in [0.2, 0.25) is 5.02 Å². The number of benzene rings is 4. The molecule has 4 aromatic carbocycles. The number of methoxy groups -OCH3 is 2. The van der Waals surface area contributed by atoms with Crippen LogP contribution in [0.15, 0.2) is 95.9 Å². The number of carbonyl (C=O) groups is 2. The Balaban J connectivity index is 1.58. The average molecular weight is 626 g/mol. The van der Waals surface area contributed by atoms with Gasteiger partial charge in [0.15, 0.2) is 11.5 Å². The van der Waals surface area contributed by atoms with Crippen LogP contribution in [-0.2, 0) is 21.2 Å². The molecule has 0 saturated carbocycles. The van der Waals surface area contributed by atoms with E-state index >= 15 is 0 Å². The van der Waals surface area contributed by atoms with Gasteiger partial charge in [-0.2, -0.15) is 0 Å². The summed E-state index contributed by atoms with van der Waals surface area (Å²) in [6, 6.07) is 23.3. The zero-order chi connectivity index (χ0) is 31.0. The number of nitrogens with zero attached hydrogens (tertiary/aromatic N) is 1. The summed E-state index contributed by atoms with van der Waals surface area (Å²) < 4.78 is 52.9. The zero-order valence-corrected chi connectivity index (χ0v) is 24.9. The number of anilines is 2. The van der Waals surface area contributed by atoms with Gasteiger partial charge >= 0.3 is 0 Å². The van der Waals surface area contributed by atoms with Crippen LogP contribution in [0.25, 0.3) is 0 Å². The second-order valence-corrected chi connectivity index (χ2v) is 11.5. The van der Waals surface area contributed by atoms with E-state index in [4.69, 9.17) is 21.1 Å². The molecule has 12 heteroatoms. The molecule has 2 amide bonds. The Kier molecular flexibility index (Phi) is 10.2. The standard InChI is InChI=1S/C31H29ClFN3O6S/c1-41-28-15-13-23(19-29(28)42-2)43(39,40)36(22-12-14-26(33)25(32)18-22)20-30(37)35-27-11-7-6-10-24(27)31(38)34-17-16-21-8-4-3-5-9-21/h3-15,18-19H,16-17,20H2,1-2H3,(H,34,38)(H,35,37). The Bertz CT molecular complexity index is 1720. The first-order valence-electron chi connectivity index (χ1n) is 13.0. The van der Waals surface area contributed by atoms with Crippen molar-refractivity contribution in [3.05, 3.63) is 113 Å². The first-order valence-corrected chi connectivity index (χ1v) is 14.9. The van der Waals surface area contributed by atoms with Crippen LogP contribution in [0, 0.1) is 5.82 Å². The predicted octanol–water partition coefficient (Wildman–Crippen LogP) is 5.30. The smallest absolute Gasteiger partial charge is 0.264 e. The molecule has 43 heavy (non-hydrogen) atoms.